The Hall–Kier alpha value is -2.80. The number of fused-ring (bicyclic) bond motifs is 1. The van der Waals surface area contributed by atoms with Crippen LogP contribution in [0.3, 0.4) is 0 Å². The number of Topliss-reactive ketones (excluding diaryl/α,β-unsaturated/α-hetero) is 1. The predicted octanol–water partition coefficient (Wildman–Crippen LogP) is 3.04. The molecule has 1 aliphatic heterocycles. The lowest BCUT2D eigenvalue weighted by Gasteiger charge is -2.04. The number of carbonyl (C=O) groups is 1. The summed E-state index contributed by atoms with van der Waals surface area (Å²) in [6.45, 7) is 2.48. The van der Waals surface area contributed by atoms with Gasteiger partial charge < -0.3 is 13.7 Å². The molecule has 2 aromatic rings. The Morgan fingerprint density at radius 2 is 1.76 bits per heavy atom. The number of carbonyl (C=O) groups excluding carboxylic acids is 1. The fraction of sp³-hybridized carbons (Fsp3) is 0.167. The number of allylic oxidation sites excluding steroid dienone is 1. The Morgan fingerprint density at radius 1 is 1.08 bits per heavy atom. The molecule has 1 aliphatic rings. The average molecular weight is 360 g/mol. The van der Waals surface area contributed by atoms with E-state index >= 15 is 0 Å². The average Bonchev–Trinajstić information content (AvgIpc) is 2.83. The number of rotatable bonds is 5. The van der Waals surface area contributed by atoms with Crippen molar-refractivity contribution in [2.45, 2.75) is 6.92 Å². The zero-order valence-corrected chi connectivity index (χ0v) is 14.5. The van der Waals surface area contributed by atoms with Crippen LogP contribution in [0.25, 0.3) is 6.08 Å². The molecular weight excluding hydrogens is 344 g/mol. The number of ether oxygens (including phenoxy) is 2. The van der Waals surface area contributed by atoms with Crippen LogP contribution in [0, 0.1) is 0 Å². The Kier molecular flexibility index (Phi) is 4.50. The van der Waals surface area contributed by atoms with E-state index in [1.807, 2.05) is 19.1 Å². The quantitative estimate of drug-likeness (QED) is 0.602. The molecule has 0 radical (unpaired) electrons. The van der Waals surface area contributed by atoms with E-state index in [4.69, 9.17) is 13.7 Å². The minimum Gasteiger partial charge on any atom is -0.494 e. The molecule has 0 aliphatic carbocycles. The third-order valence-electron chi connectivity index (χ3n) is 3.38. The lowest BCUT2D eigenvalue weighted by molar-refractivity contribution is 0.101. The molecular formula is C18H16O6S. The molecule has 0 aromatic heterocycles. The van der Waals surface area contributed by atoms with Gasteiger partial charge in [-0.05, 0) is 42.8 Å². The van der Waals surface area contributed by atoms with E-state index in [9.17, 15) is 13.2 Å². The summed E-state index contributed by atoms with van der Waals surface area (Å²) in [5, 5.41) is 0. The van der Waals surface area contributed by atoms with Gasteiger partial charge in [-0.3, -0.25) is 4.79 Å². The van der Waals surface area contributed by atoms with Crippen LogP contribution >= 0.6 is 0 Å². The first kappa shape index (κ1) is 17.0. The van der Waals surface area contributed by atoms with Gasteiger partial charge in [0.15, 0.2) is 5.76 Å². The van der Waals surface area contributed by atoms with Crippen LogP contribution in [0.2, 0.25) is 0 Å². The molecule has 0 atom stereocenters. The highest BCUT2D eigenvalue weighted by molar-refractivity contribution is 7.86. The van der Waals surface area contributed by atoms with Crippen molar-refractivity contribution in [2.75, 3.05) is 12.9 Å². The van der Waals surface area contributed by atoms with Crippen molar-refractivity contribution in [1.82, 2.24) is 0 Å². The lowest BCUT2D eigenvalue weighted by Crippen LogP contribution is -2.05. The van der Waals surface area contributed by atoms with Crippen LogP contribution in [-0.2, 0) is 10.1 Å². The predicted molar refractivity (Wildman–Crippen MR) is 92.5 cm³/mol. The molecule has 3 rings (SSSR count). The summed E-state index contributed by atoms with van der Waals surface area (Å²) in [5.74, 6) is 0.999. The van der Waals surface area contributed by atoms with Crippen LogP contribution in [0.15, 0.2) is 48.2 Å². The zero-order valence-electron chi connectivity index (χ0n) is 13.7. The fourth-order valence-electron chi connectivity index (χ4n) is 2.37. The first-order valence-corrected chi connectivity index (χ1v) is 9.38. The van der Waals surface area contributed by atoms with Crippen molar-refractivity contribution in [3.8, 4) is 17.2 Å². The van der Waals surface area contributed by atoms with Gasteiger partial charge in [-0.15, -0.1) is 0 Å². The molecule has 1 heterocycles. The van der Waals surface area contributed by atoms with Gasteiger partial charge in [0, 0.05) is 6.07 Å². The summed E-state index contributed by atoms with van der Waals surface area (Å²) in [6, 6.07) is 11.5. The highest BCUT2D eigenvalue weighted by Crippen LogP contribution is 2.35. The van der Waals surface area contributed by atoms with Crippen LogP contribution < -0.4 is 13.7 Å². The van der Waals surface area contributed by atoms with E-state index in [0.717, 1.165) is 17.6 Å². The lowest BCUT2D eigenvalue weighted by atomic mass is 10.1. The van der Waals surface area contributed by atoms with E-state index in [2.05, 4.69) is 0 Å². The van der Waals surface area contributed by atoms with Crippen molar-refractivity contribution < 1.29 is 26.9 Å². The smallest absolute Gasteiger partial charge is 0.306 e. The molecule has 130 valence electrons. The molecule has 25 heavy (non-hydrogen) atoms. The van der Waals surface area contributed by atoms with E-state index < -0.39 is 10.1 Å². The normalized spacial score (nSPS) is 15.0. The van der Waals surface area contributed by atoms with Crippen LogP contribution in [-0.4, -0.2) is 27.1 Å². The maximum atomic E-state index is 12.4. The second-order valence-electron chi connectivity index (χ2n) is 5.39. The Balaban J connectivity index is 1.84. The molecule has 2 aromatic carbocycles. The van der Waals surface area contributed by atoms with Gasteiger partial charge in [0.1, 0.15) is 17.2 Å². The summed E-state index contributed by atoms with van der Waals surface area (Å²) in [7, 11) is -3.65. The standard InChI is InChI=1S/C18H16O6S/c1-3-22-13-6-4-12(5-7-13)10-17-18(19)15-9-8-14(11-16(15)23-17)24-25(2,20)21/h4-11H,3H2,1-2H3/b17-10-. The molecule has 0 fully saturated rings. The Labute approximate surface area is 145 Å². The highest BCUT2D eigenvalue weighted by Gasteiger charge is 2.28. The van der Waals surface area contributed by atoms with E-state index in [1.54, 1.807) is 18.2 Å². The second kappa shape index (κ2) is 6.60. The largest absolute Gasteiger partial charge is 0.494 e. The minimum absolute atomic E-state index is 0.0939. The van der Waals surface area contributed by atoms with Crippen LogP contribution in [0.1, 0.15) is 22.8 Å². The van der Waals surface area contributed by atoms with Crippen molar-refractivity contribution in [1.29, 1.82) is 0 Å². The summed E-state index contributed by atoms with van der Waals surface area (Å²) >= 11 is 0. The Bertz CT molecular complexity index is 942. The van der Waals surface area contributed by atoms with Crippen molar-refractivity contribution in [3.05, 3.63) is 59.4 Å². The van der Waals surface area contributed by atoms with Gasteiger partial charge in [-0.2, -0.15) is 8.42 Å². The van der Waals surface area contributed by atoms with Gasteiger partial charge in [-0.1, -0.05) is 12.1 Å². The molecule has 0 saturated carbocycles. The van der Waals surface area contributed by atoms with Gasteiger partial charge >= 0.3 is 10.1 Å². The summed E-state index contributed by atoms with van der Waals surface area (Å²) in [4.78, 5) is 12.4. The van der Waals surface area contributed by atoms with E-state index in [1.165, 1.54) is 18.2 Å². The maximum absolute atomic E-state index is 12.4. The minimum atomic E-state index is -3.65. The first-order chi connectivity index (χ1) is 11.9. The first-order valence-electron chi connectivity index (χ1n) is 7.56. The van der Waals surface area contributed by atoms with Gasteiger partial charge in [0.05, 0.1) is 18.4 Å². The second-order valence-corrected chi connectivity index (χ2v) is 6.96. The van der Waals surface area contributed by atoms with Crippen LogP contribution in [0.4, 0.5) is 0 Å². The van der Waals surface area contributed by atoms with Crippen molar-refractivity contribution in [3.63, 3.8) is 0 Å². The zero-order chi connectivity index (χ0) is 18.0. The van der Waals surface area contributed by atoms with Crippen molar-refractivity contribution >= 4 is 22.0 Å². The fourth-order valence-corrected chi connectivity index (χ4v) is 2.83. The molecule has 0 N–H and O–H groups in total. The molecule has 7 heteroatoms. The van der Waals surface area contributed by atoms with Crippen LogP contribution in [0.5, 0.6) is 17.2 Å². The topological polar surface area (TPSA) is 78.9 Å². The molecule has 0 spiro atoms. The molecule has 0 saturated heterocycles. The maximum Gasteiger partial charge on any atom is 0.306 e. The van der Waals surface area contributed by atoms with E-state index in [0.29, 0.717) is 12.2 Å². The van der Waals surface area contributed by atoms with Gasteiger partial charge in [-0.25, -0.2) is 0 Å². The summed E-state index contributed by atoms with van der Waals surface area (Å²) in [5.41, 5.74) is 1.14. The monoisotopic (exact) mass is 360 g/mol. The molecule has 6 nitrogen and oxygen atoms in total. The molecule has 0 amide bonds. The number of hydrogen-bond acceptors (Lipinski definition) is 6. The number of hydrogen-bond donors (Lipinski definition) is 0. The van der Waals surface area contributed by atoms with E-state index in [-0.39, 0.29) is 23.0 Å². The number of ketones is 1. The molecule has 0 bridgehead atoms. The Morgan fingerprint density at radius 3 is 2.40 bits per heavy atom. The van der Waals surface area contributed by atoms with Gasteiger partial charge in [0.2, 0.25) is 5.78 Å². The SMILES string of the molecule is CCOc1ccc(/C=C2\Oc3cc(OS(C)(=O)=O)ccc3C2=O)cc1. The summed E-state index contributed by atoms with van der Waals surface area (Å²) in [6.07, 6.45) is 2.57. The highest BCUT2D eigenvalue weighted by atomic mass is 32.2. The number of benzene rings is 2. The third-order valence-corrected chi connectivity index (χ3v) is 3.87. The summed E-state index contributed by atoms with van der Waals surface area (Å²) < 4.78 is 38.1. The van der Waals surface area contributed by atoms with Crippen molar-refractivity contribution in [2.24, 2.45) is 0 Å². The molecule has 0 unspecified atom stereocenters. The van der Waals surface area contributed by atoms with Gasteiger partial charge in [0.25, 0.3) is 0 Å². The third kappa shape index (κ3) is 4.00.